The maximum absolute atomic E-state index is 11.9. The minimum Gasteiger partial charge on any atom is -0.436 e. The molecule has 0 amide bonds. The quantitative estimate of drug-likeness (QED) is 0.419. The number of nitrogens with zero attached hydrogens (tertiary/aromatic N) is 2. The Labute approximate surface area is 189 Å². The second kappa shape index (κ2) is 8.26. The highest BCUT2D eigenvalue weighted by Crippen LogP contribution is 2.39. The molecule has 0 radical (unpaired) electrons. The van der Waals surface area contributed by atoms with E-state index in [1.165, 1.54) is 12.1 Å². The molecule has 158 valence electrons. The molecule has 1 heterocycles. The summed E-state index contributed by atoms with van der Waals surface area (Å²) >= 11 is 9.54. The zero-order chi connectivity index (χ0) is 22.3. The van der Waals surface area contributed by atoms with Gasteiger partial charge in [-0.1, -0.05) is 50.1 Å². The SMILES string of the molecule is Cc1ccc(S(=O)(=O)O)c(-c2cc(Cl)nnc2Oc2ccc(C(C)(C)C)cc2Br)c1. The Hall–Kier alpha value is -2.00. The summed E-state index contributed by atoms with van der Waals surface area (Å²) in [4.78, 5) is -0.274. The monoisotopic (exact) mass is 510 g/mol. The fourth-order valence-corrected chi connectivity index (χ4v) is 4.15. The zero-order valence-electron chi connectivity index (χ0n) is 16.8. The van der Waals surface area contributed by atoms with Crippen molar-refractivity contribution >= 4 is 37.6 Å². The van der Waals surface area contributed by atoms with Crippen molar-refractivity contribution < 1.29 is 17.7 Å². The molecule has 3 rings (SSSR count). The number of aryl methyl sites for hydroxylation is 1. The molecule has 0 saturated carbocycles. The maximum atomic E-state index is 11.9. The van der Waals surface area contributed by atoms with E-state index in [1.807, 2.05) is 12.1 Å². The van der Waals surface area contributed by atoms with Gasteiger partial charge in [0.15, 0.2) is 5.15 Å². The number of ether oxygens (including phenoxy) is 1. The van der Waals surface area contributed by atoms with Gasteiger partial charge in [0.1, 0.15) is 10.6 Å². The Kier molecular flexibility index (Phi) is 6.25. The fraction of sp³-hybridized carbons (Fsp3) is 0.238. The predicted molar refractivity (Wildman–Crippen MR) is 120 cm³/mol. The van der Waals surface area contributed by atoms with E-state index in [-0.39, 0.29) is 32.5 Å². The Morgan fingerprint density at radius 1 is 1.03 bits per heavy atom. The van der Waals surface area contributed by atoms with Crippen LogP contribution < -0.4 is 4.74 Å². The minimum atomic E-state index is -4.49. The summed E-state index contributed by atoms with van der Waals surface area (Å²) in [6.07, 6.45) is 0. The van der Waals surface area contributed by atoms with Crippen LogP contribution in [0, 0.1) is 6.92 Å². The van der Waals surface area contributed by atoms with Crippen molar-refractivity contribution in [2.45, 2.75) is 38.0 Å². The number of hydrogen-bond acceptors (Lipinski definition) is 5. The van der Waals surface area contributed by atoms with E-state index in [4.69, 9.17) is 16.3 Å². The summed E-state index contributed by atoms with van der Waals surface area (Å²) in [5.41, 5.74) is 2.35. The number of halogens is 2. The lowest BCUT2D eigenvalue weighted by molar-refractivity contribution is 0.453. The molecule has 9 heteroatoms. The van der Waals surface area contributed by atoms with E-state index >= 15 is 0 Å². The molecule has 6 nitrogen and oxygen atoms in total. The molecular weight excluding hydrogens is 492 g/mol. The lowest BCUT2D eigenvalue weighted by Gasteiger charge is -2.20. The third kappa shape index (κ3) is 5.00. The topological polar surface area (TPSA) is 89.4 Å². The first-order valence-electron chi connectivity index (χ1n) is 8.96. The van der Waals surface area contributed by atoms with Crippen LogP contribution in [0.2, 0.25) is 5.15 Å². The van der Waals surface area contributed by atoms with Gasteiger partial charge in [-0.3, -0.25) is 4.55 Å². The lowest BCUT2D eigenvalue weighted by Crippen LogP contribution is -2.10. The van der Waals surface area contributed by atoms with Crippen molar-refractivity contribution in [3.63, 3.8) is 0 Å². The molecular formula is C21H20BrClN2O4S. The molecule has 3 aromatic rings. The van der Waals surface area contributed by atoms with Crippen LogP contribution in [0.15, 0.2) is 51.8 Å². The van der Waals surface area contributed by atoms with E-state index in [0.717, 1.165) is 11.1 Å². The average molecular weight is 512 g/mol. The van der Waals surface area contributed by atoms with Gasteiger partial charge in [0, 0.05) is 5.56 Å². The van der Waals surface area contributed by atoms with E-state index < -0.39 is 10.1 Å². The van der Waals surface area contributed by atoms with Crippen molar-refractivity contribution in [2.24, 2.45) is 0 Å². The van der Waals surface area contributed by atoms with E-state index in [9.17, 15) is 13.0 Å². The van der Waals surface area contributed by atoms with Gasteiger partial charge in [-0.05, 0) is 64.2 Å². The van der Waals surface area contributed by atoms with Crippen LogP contribution in [-0.2, 0) is 15.5 Å². The molecule has 0 atom stereocenters. The van der Waals surface area contributed by atoms with Crippen LogP contribution in [0.4, 0.5) is 0 Å². The summed E-state index contributed by atoms with van der Waals surface area (Å²) in [5.74, 6) is 0.529. The smallest absolute Gasteiger partial charge is 0.295 e. The van der Waals surface area contributed by atoms with Crippen LogP contribution >= 0.6 is 27.5 Å². The van der Waals surface area contributed by atoms with Crippen LogP contribution in [0.1, 0.15) is 31.9 Å². The Morgan fingerprint density at radius 3 is 2.33 bits per heavy atom. The first-order chi connectivity index (χ1) is 13.9. The summed E-state index contributed by atoms with van der Waals surface area (Å²) in [6, 6.07) is 11.7. The highest BCUT2D eigenvalue weighted by atomic mass is 79.9. The third-order valence-corrected chi connectivity index (χ3v) is 6.15. The highest BCUT2D eigenvalue weighted by molar-refractivity contribution is 9.10. The van der Waals surface area contributed by atoms with Gasteiger partial charge < -0.3 is 4.74 Å². The molecule has 0 aliphatic carbocycles. The van der Waals surface area contributed by atoms with Gasteiger partial charge >= 0.3 is 0 Å². The molecule has 0 saturated heterocycles. The second-order valence-electron chi connectivity index (χ2n) is 7.86. The molecule has 1 N–H and O–H groups in total. The van der Waals surface area contributed by atoms with Crippen molar-refractivity contribution in [1.29, 1.82) is 0 Å². The van der Waals surface area contributed by atoms with Gasteiger partial charge in [0.25, 0.3) is 10.1 Å². The van der Waals surface area contributed by atoms with Crippen LogP contribution in [0.5, 0.6) is 11.6 Å². The molecule has 30 heavy (non-hydrogen) atoms. The lowest BCUT2D eigenvalue weighted by atomic mass is 9.87. The highest BCUT2D eigenvalue weighted by Gasteiger charge is 2.22. The minimum absolute atomic E-state index is 0.0434. The van der Waals surface area contributed by atoms with Crippen molar-refractivity contribution in [2.75, 3.05) is 0 Å². The maximum Gasteiger partial charge on any atom is 0.295 e. The normalized spacial score (nSPS) is 12.1. The summed E-state index contributed by atoms with van der Waals surface area (Å²) < 4.78 is 40.2. The molecule has 0 bridgehead atoms. The Balaban J connectivity index is 2.15. The molecule has 0 fully saturated rings. The Bertz CT molecular complexity index is 1220. The number of benzene rings is 2. The van der Waals surface area contributed by atoms with Crippen molar-refractivity contribution in [3.8, 4) is 22.8 Å². The van der Waals surface area contributed by atoms with Gasteiger partial charge in [0.05, 0.1) is 10.0 Å². The van der Waals surface area contributed by atoms with Gasteiger partial charge in [-0.15, -0.1) is 10.2 Å². The third-order valence-electron chi connectivity index (χ3n) is 4.44. The van der Waals surface area contributed by atoms with Gasteiger partial charge in [-0.25, -0.2) is 0 Å². The van der Waals surface area contributed by atoms with Crippen molar-refractivity contribution in [1.82, 2.24) is 10.2 Å². The van der Waals surface area contributed by atoms with E-state index in [1.54, 1.807) is 25.1 Å². The molecule has 0 aliphatic heterocycles. The second-order valence-corrected chi connectivity index (χ2v) is 10.5. The first kappa shape index (κ1) is 22.7. The van der Waals surface area contributed by atoms with E-state index in [2.05, 4.69) is 46.9 Å². The summed E-state index contributed by atoms with van der Waals surface area (Å²) in [7, 11) is -4.49. The summed E-state index contributed by atoms with van der Waals surface area (Å²) in [6.45, 7) is 8.11. The Morgan fingerprint density at radius 2 is 1.73 bits per heavy atom. The average Bonchev–Trinajstić information content (AvgIpc) is 2.62. The van der Waals surface area contributed by atoms with E-state index in [0.29, 0.717) is 10.2 Å². The van der Waals surface area contributed by atoms with Crippen LogP contribution in [-0.4, -0.2) is 23.2 Å². The molecule has 1 aromatic heterocycles. The number of hydrogen-bond donors (Lipinski definition) is 1. The number of aromatic nitrogens is 2. The fourth-order valence-electron chi connectivity index (χ4n) is 2.86. The van der Waals surface area contributed by atoms with Crippen LogP contribution in [0.25, 0.3) is 11.1 Å². The first-order valence-corrected chi connectivity index (χ1v) is 11.6. The summed E-state index contributed by atoms with van der Waals surface area (Å²) in [5, 5.41) is 7.90. The molecule has 0 aliphatic rings. The predicted octanol–water partition coefficient (Wildman–Crippen LogP) is 6.20. The standard InChI is InChI=1S/C21H20BrClN2O4S/c1-12-5-8-18(30(26,27)28)14(9-12)15-11-19(23)24-25-20(15)29-17-7-6-13(10-16(17)22)21(2,3)4/h5-11H,1-4H3,(H,26,27,28). The number of rotatable bonds is 4. The zero-order valence-corrected chi connectivity index (χ0v) is 19.9. The molecule has 0 unspecified atom stereocenters. The van der Waals surface area contributed by atoms with Gasteiger partial charge in [0.2, 0.25) is 5.88 Å². The molecule has 2 aromatic carbocycles. The van der Waals surface area contributed by atoms with Crippen molar-refractivity contribution in [3.05, 3.63) is 63.2 Å². The van der Waals surface area contributed by atoms with Crippen LogP contribution in [0.3, 0.4) is 0 Å². The van der Waals surface area contributed by atoms with Gasteiger partial charge in [-0.2, -0.15) is 8.42 Å². The largest absolute Gasteiger partial charge is 0.436 e. The molecule has 0 spiro atoms.